The van der Waals surface area contributed by atoms with E-state index in [-0.39, 0.29) is 6.04 Å². The lowest BCUT2D eigenvalue weighted by Crippen LogP contribution is -2.55. The van der Waals surface area contributed by atoms with Crippen LogP contribution in [0.2, 0.25) is 0 Å². The van der Waals surface area contributed by atoms with Crippen LogP contribution in [-0.4, -0.2) is 46.7 Å². The highest BCUT2D eigenvalue weighted by molar-refractivity contribution is 5.65. The maximum atomic E-state index is 11.9. The standard InChI is InChI=1S/C25H26N2O3/c28-25(29)27-16-15-26(18-20-9-3-1-4-10-20)19-22(27)17-21-11-7-8-14-24(21)30-23-12-5-2-6-13-23/h1-14,22H,15-19H2,(H,28,29)/t22-/m1/s1. The van der Waals surface area contributed by atoms with E-state index in [0.717, 1.165) is 30.2 Å². The van der Waals surface area contributed by atoms with Crippen molar-refractivity contribution in [1.29, 1.82) is 0 Å². The maximum Gasteiger partial charge on any atom is 0.407 e. The molecule has 1 fully saturated rings. The summed E-state index contributed by atoms with van der Waals surface area (Å²) in [6, 6.07) is 27.7. The molecule has 0 bridgehead atoms. The second-order valence-electron chi connectivity index (χ2n) is 7.58. The largest absolute Gasteiger partial charge is 0.465 e. The lowest BCUT2D eigenvalue weighted by Gasteiger charge is -2.40. The second-order valence-corrected chi connectivity index (χ2v) is 7.58. The van der Waals surface area contributed by atoms with Crippen molar-refractivity contribution in [2.75, 3.05) is 19.6 Å². The highest BCUT2D eigenvalue weighted by Crippen LogP contribution is 2.28. The van der Waals surface area contributed by atoms with Crippen molar-refractivity contribution >= 4 is 6.09 Å². The molecule has 0 aromatic heterocycles. The molecule has 3 aromatic rings. The van der Waals surface area contributed by atoms with Gasteiger partial charge in [0.25, 0.3) is 0 Å². The number of carbonyl (C=O) groups is 1. The second kappa shape index (κ2) is 9.46. The first-order valence-corrected chi connectivity index (χ1v) is 10.3. The SMILES string of the molecule is O=C(O)N1CCN(Cc2ccccc2)C[C@H]1Cc1ccccc1Oc1ccccc1. The summed E-state index contributed by atoms with van der Waals surface area (Å²) in [5.74, 6) is 1.55. The third kappa shape index (κ3) is 4.99. The van der Waals surface area contributed by atoms with Crippen LogP contribution in [0.5, 0.6) is 11.5 Å². The summed E-state index contributed by atoms with van der Waals surface area (Å²) >= 11 is 0. The molecule has 0 saturated carbocycles. The van der Waals surface area contributed by atoms with Crippen LogP contribution in [0.15, 0.2) is 84.9 Å². The Balaban J connectivity index is 1.51. The molecule has 0 aliphatic carbocycles. The third-order valence-corrected chi connectivity index (χ3v) is 5.46. The Hall–Kier alpha value is -3.31. The van der Waals surface area contributed by atoms with Crippen LogP contribution in [0.4, 0.5) is 4.79 Å². The monoisotopic (exact) mass is 402 g/mol. The smallest absolute Gasteiger partial charge is 0.407 e. The Morgan fingerprint density at radius 2 is 1.57 bits per heavy atom. The summed E-state index contributed by atoms with van der Waals surface area (Å²) in [5.41, 5.74) is 2.26. The lowest BCUT2D eigenvalue weighted by molar-refractivity contribution is 0.0643. The van der Waals surface area contributed by atoms with E-state index >= 15 is 0 Å². The molecule has 1 aliphatic rings. The number of para-hydroxylation sites is 2. The number of ether oxygens (including phenoxy) is 1. The van der Waals surface area contributed by atoms with Gasteiger partial charge in [0.15, 0.2) is 0 Å². The lowest BCUT2D eigenvalue weighted by atomic mass is 10.0. The van der Waals surface area contributed by atoms with E-state index in [1.54, 1.807) is 4.90 Å². The van der Waals surface area contributed by atoms with Gasteiger partial charge in [-0.1, -0.05) is 66.7 Å². The zero-order chi connectivity index (χ0) is 20.8. The average molecular weight is 402 g/mol. The Morgan fingerprint density at radius 1 is 0.900 bits per heavy atom. The van der Waals surface area contributed by atoms with Crippen molar-refractivity contribution in [2.45, 2.75) is 19.0 Å². The molecule has 1 aliphatic heterocycles. The number of piperazine rings is 1. The predicted octanol–water partition coefficient (Wildman–Crippen LogP) is 4.89. The van der Waals surface area contributed by atoms with Crippen LogP contribution in [0.1, 0.15) is 11.1 Å². The summed E-state index contributed by atoms with van der Waals surface area (Å²) in [5, 5.41) is 9.74. The van der Waals surface area contributed by atoms with Crippen LogP contribution >= 0.6 is 0 Å². The molecular formula is C25H26N2O3. The number of rotatable bonds is 6. The van der Waals surface area contributed by atoms with Crippen molar-refractivity contribution in [3.8, 4) is 11.5 Å². The van der Waals surface area contributed by atoms with Crippen molar-refractivity contribution in [2.24, 2.45) is 0 Å². The van der Waals surface area contributed by atoms with E-state index < -0.39 is 6.09 Å². The van der Waals surface area contributed by atoms with Gasteiger partial charge in [-0.15, -0.1) is 0 Å². The molecule has 1 atom stereocenters. The minimum Gasteiger partial charge on any atom is -0.465 e. The van der Waals surface area contributed by atoms with Gasteiger partial charge in [0.2, 0.25) is 0 Å². The summed E-state index contributed by atoms with van der Waals surface area (Å²) in [6.45, 7) is 2.77. The topological polar surface area (TPSA) is 53.0 Å². The van der Waals surface area contributed by atoms with Gasteiger partial charge in [0.1, 0.15) is 11.5 Å². The quantitative estimate of drug-likeness (QED) is 0.638. The molecule has 1 heterocycles. The normalized spacial score (nSPS) is 16.9. The first-order chi connectivity index (χ1) is 14.7. The average Bonchev–Trinajstić information content (AvgIpc) is 2.76. The van der Waals surface area contributed by atoms with Gasteiger partial charge in [-0.05, 0) is 35.7 Å². The Kier molecular flexibility index (Phi) is 6.30. The minimum atomic E-state index is -0.860. The zero-order valence-electron chi connectivity index (χ0n) is 16.9. The van der Waals surface area contributed by atoms with E-state index in [0.29, 0.717) is 19.5 Å². The van der Waals surface area contributed by atoms with Crippen LogP contribution in [0.3, 0.4) is 0 Å². The third-order valence-electron chi connectivity index (χ3n) is 5.46. The van der Waals surface area contributed by atoms with Crippen molar-refractivity contribution in [1.82, 2.24) is 9.80 Å². The fourth-order valence-corrected chi connectivity index (χ4v) is 3.97. The van der Waals surface area contributed by atoms with Crippen LogP contribution in [0.25, 0.3) is 0 Å². The Bertz CT molecular complexity index is 962. The predicted molar refractivity (Wildman–Crippen MR) is 117 cm³/mol. The summed E-state index contributed by atoms with van der Waals surface area (Å²) < 4.78 is 6.09. The number of hydrogen-bond donors (Lipinski definition) is 1. The van der Waals surface area contributed by atoms with E-state index in [1.807, 2.05) is 72.8 Å². The summed E-state index contributed by atoms with van der Waals surface area (Å²) in [6.07, 6.45) is -0.249. The number of amides is 1. The van der Waals surface area contributed by atoms with E-state index in [4.69, 9.17) is 4.74 Å². The Morgan fingerprint density at radius 3 is 2.30 bits per heavy atom. The number of benzene rings is 3. The van der Waals surface area contributed by atoms with Gasteiger partial charge in [-0.25, -0.2) is 4.79 Å². The fraction of sp³-hybridized carbons (Fsp3) is 0.240. The molecule has 5 nitrogen and oxygen atoms in total. The van der Waals surface area contributed by atoms with Crippen LogP contribution < -0.4 is 4.74 Å². The van der Waals surface area contributed by atoms with Gasteiger partial charge in [0.05, 0.1) is 6.04 Å². The van der Waals surface area contributed by atoms with Crippen molar-refractivity contribution in [3.05, 3.63) is 96.1 Å². The van der Waals surface area contributed by atoms with Gasteiger partial charge in [0, 0.05) is 26.2 Å². The molecule has 5 heteroatoms. The molecule has 3 aromatic carbocycles. The first-order valence-electron chi connectivity index (χ1n) is 10.3. The van der Waals surface area contributed by atoms with E-state index in [9.17, 15) is 9.90 Å². The number of hydrogen-bond acceptors (Lipinski definition) is 3. The Labute approximate surface area is 177 Å². The molecular weight excluding hydrogens is 376 g/mol. The molecule has 0 radical (unpaired) electrons. The highest BCUT2D eigenvalue weighted by atomic mass is 16.5. The number of nitrogens with zero attached hydrogens (tertiary/aromatic N) is 2. The van der Waals surface area contributed by atoms with Gasteiger partial charge >= 0.3 is 6.09 Å². The minimum absolute atomic E-state index is 0.125. The molecule has 0 unspecified atom stereocenters. The zero-order valence-corrected chi connectivity index (χ0v) is 16.9. The maximum absolute atomic E-state index is 11.9. The number of carboxylic acid groups (broad SMARTS) is 1. The molecule has 4 rings (SSSR count). The summed E-state index contributed by atoms with van der Waals surface area (Å²) in [7, 11) is 0. The van der Waals surface area contributed by atoms with Gasteiger partial charge in [-0.3, -0.25) is 4.90 Å². The molecule has 0 spiro atoms. The molecule has 154 valence electrons. The van der Waals surface area contributed by atoms with Crippen molar-refractivity contribution < 1.29 is 14.6 Å². The highest BCUT2D eigenvalue weighted by Gasteiger charge is 2.31. The van der Waals surface area contributed by atoms with Gasteiger partial charge in [-0.2, -0.15) is 0 Å². The fourth-order valence-electron chi connectivity index (χ4n) is 3.97. The molecule has 30 heavy (non-hydrogen) atoms. The van der Waals surface area contributed by atoms with Gasteiger partial charge < -0.3 is 14.7 Å². The molecule has 1 saturated heterocycles. The first kappa shape index (κ1) is 20.0. The van der Waals surface area contributed by atoms with E-state index in [1.165, 1.54) is 5.56 Å². The van der Waals surface area contributed by atoms with E-state index in [2.05, 4.69) is 17.0 Å². The summed E-state index contributed by atoms with van der Waals surface area (Å²) in [4.78, 5) is 15.8. The van der Waals surface area contributed by atoms with Crippen LogP contribution in [-0.2, 0) is 13.0 Å². The molecule has 1 amide bonds. The van der Waals surface area contributed by atoms with Crippen LogP contribution in [0, 0.1) is 0 Å². The molecule has 1 N–H and O–H groups in total. The van der Waals surface area contributed by atoms with Crippen molar-refractivity contribution in [3.63, 3.8) is 0 Å².